The summed E-state index contributed by atoms with van der Waals surface area (Å²) in [5, 5.41) is 0. The van der Waals surface area contributed by atoms with Crippen LogP contribution in [-0.2, 0) is 14.8 Å². The second kappa shape index (κ2) is 5.79. The van der Waals surface area contributed by atoms with Crippen LogP contribution in [-0.4, -0.2) is 32.5 Å². The maximum atomic E-state index is 12.6. The van der Waals surface area contributed by atoms with Gasteiger partial charge >= 0.3 is 0 Å². The average molecular weight is 347 g/mol. The number of aryl methyl sites for hydroxylation is 1. The van der Waals surface area contributed by atoms with E-state index >= 15 is 0 Å². The van der Waals surface area contributed by atoms with Gasteiger partial charge in [0, 0.05) is 18.9 Å². The zero-order valence-electron chi connectivity index (χ0n) is 13.5. The summed E-state index contributed by atoms with van der Waals surface area (Å²) in [4.78, 5) is 17.5. The van der Waals surface area contributed by atoms with Crippen LogP contribution in [0.3, 0.4) is 0 Å². The number of pyridine rings is 1. The molecule has 8 heteroatoms. The largest absolute Gasteiger partial charge is 0.479 e. The van der Waals surface area contributed by atoms with E-state index in [1.165, 1.54) is 23.2 Å². The summed E-state index contributed by atoms with van der Waals surface area (Å²) >= 11 is 0. The monoisotopic (exact) mass is 347 g/mol. The van der Waals surface area contributed by atoms with Gasteiger partial charge in [0.2, 0.25) is 0 Å². The smallest absolute Gasteiger partial charge is 0.267 e. The minimum atomic E-state index is -3.79. The van der Waals surface area contributed by atoms with Crippen molar-refractivity contribution in [3.05, 3.63) is 42.2 Å². The third-order valence-electron chi connectivity index (χ3n) is 3.73. The number of benzene rings is 1. The van der Waals surface area contributed by atoms with Crippen LogP contribution >= 0.6 is 0 Å². The highest BCUT2D eigenvalue weighted by molar-refractivity contribution is 7.92. The number of hydrogen-bond acceptors (Lipinski definition) is 5. The molecule has 0 spiro atoms. The molecule has 0 radical (unpaired) electrons. The van der Waals surface area contributed by atoms with Gasteiger partial charge in [0.15, 0.2) is 6.10 Å². The Balaban J connectivity index is 1.96. The van der Waals surface area contributed by atoms with Crippen LogP contribution in [0.5, 0.6) is 5.75 Å². The van der Waals surface area contributed by atoms with E-state index in [0.29, 0.717) is 22.8 Å². The van der Waals surface area contributed by atoms with E-state index in [9.17, 15) is 13.2 Å². The maximum Gasteiger partial charge on any atom is 0.267 e. The first kappa shape index (κ1) is 16.3. The van der Waals surface area contributed by atoms with Crippen LogP contribution in [0.2, 0.25) is 0 Å². The fourth-order valence-electron chi connectivity index (χ4n) is 2.48. The van der Waals surface area contributed by atoms with Gasteiger partial charge in [-0.1, -0.05) is 0 Å². The van der Waals surface area contributed by atoms with Crippen LogP contribution in [0.1, 0.15) is 12.6 Å². The van der Waals surface area contributed by atoms with Gasteiger partial charge in [0.05, 0.1) is 16.3 Å². The molecular weight excluding hydrogens is 330 g/mol. The molecule has 1 atom stereocenters. The standard InChI is InChI=1S/C16H17N3O4S/c1-10-8-12(6-7-17-10)18-24(21,22)13-4-5-15-14(9-13)19(3)16(20)11(2)23-15/h4-9,11H,1-3H3,(H,17,18). The van der Waals surface area contributed by atoms with Gasteiger partial charge in [-0.2, -0.15) is 0 Å². The van der Waals surface area contributed by atoms with Crippen molar-refractivity contribution in [2.75, 3.05) is 16.7 Å². The Bertz CT molecular complexity index is 911. The quantitative estimate of drug-likeness (QED) is 0.916. The van der Waals surface area contributed by atoms with E-state index in [2.05, 4.69) is 9.71 Å². The second-order valence-electron chi connectivity index (χ2n) is 5.58. The summed E-state index contributed by atoms with van der Waals surface area (Å²) in [6, 6.07) is 7.64. The van der Waals surface area contributed by atoms with Crippen LogP contribution < -0.4 is 14.4 Å². The number of carbonyl (C=O) groups excluding carboxylic acids is 1. The normalized spacial score (nSPS) is 17.2. The number of ether oxygens (including phenoxy) is 1. The first-order valence-electron chi connectivity index (χ1n) is 7.32. The average Bonchev–Trinajstić information content (AvgIpc) is 2.52. The molecule has 1 aliphatic rings. The van der Waals surface area contributed by atoms with Crippen molar-refractivity contribution in [3.63, 3.8) is 0 Å². The summed E-state index contributed by atoms with van der Waals surface area (Å²) in [5.74, 6) is 0.248. The van der Waals surface area contributed by atoms with Crippen molar-refractivity contribution < 1.29 is 17.9 Å². The Morgan fingerprint density at radius 2 is 2.00 bits per heavy atom. The number of sulfonamides is 1. The Hall–Kier alpha value is -2.61. The highest BCUT2D eigenvalue weighted by Crippen LogP contribution is 2.35. The van der Waals surface area contributed by atoms with Gasteiger partial charge in [-0.3, -0.25) is 14.5 Å². The van der Waals surface area contributed by atoms with Crippen LogP contribution in [0.4, 0.5) is 11.4 Å². The Morgan fingerprint density at radius 1 is 1.25 bits per heavy atom. The second-order valence-corrected chi connectivity index (χ2v) is 7.26. The molecule has 1 amide bonds. The van der Waals surface area contributed by atoms with Crippen molar-refractivity contribution >= 4 is 27.3 Å². The molecule has 126 valence electrons. The van der Waals surface area contributed by atoms with E-state index in [-0.39, 0.29) is 10.8 Å². The molecule has 2 heterocycles. The lowest BCUT2D eigenvalue weighted by Crippen LogP contribution is -2.42. The number of anilines is 2. The van der Waals surface area contributed by atoms with E-state index in [0.717, 1.165) is 0 Å². The molecule has 2 aromatic rings. The van der Waals surface area contributed by atoms with E-state index in [1.807, 2.05) is 0 Å². The van der Waals surface area contributed by atoms with E-state index in [1.54, 1.807) is 39.1 Å². The molecule has 0 saturated heterocycles. The molecule has 24 heavy (non-hydrogen) atoms. The summed E-state index contributed by atoms with van der Waals surface area (Å²) in [7, 11) is -2.20. The molecule has 1 unspecified atom stereocenters. The first-order chi connectivity index (χ1) is 11.3. The van der Waals surface area contributed by atoms with Gasteiger partial charge in [0.1, 0.15) is 5.75 Å². The van der Waals surface area contributed by atoms with Gasteiger partial charge in [0.25, 0.3) is 15.9 Å². The van der Waals surface area contributed by atoms with Crippen molar-refractivity contribution in [1.29, 1.82) is 0 Å². The van der Waals surface area contributed by atoms with Crippen molar-refractivity contribution in [2.45, 2.75) is 24.8 Å². The molecule has 7 nitrogen and oxygen atoms in total. The fourth-order valence-corrected chi connectivity index (χ4v) is 3.55. The predicted octanol–water partition coefficient (Wildman–Crippen LogP) is 1.93. The minimum Gasteiger partial charge on any atom is -0.479 e. The number of likely N-dealkylation sites (N-methyl/N-ethyl adjacent to an activating group) is 1. The number of hydrogen-bond donors (Lipinski definition) is 1. The summed E-state index contributed by atoms with van der Waals surface area (Å²) in [6.07, 6.45) is 0.935. The Labute approximate surface area is 140 Å². The lowest BCUT2D eigenvalue weighted by molar-refractivity contribution is -0.125. The summed E-state index contributed by atoms with van der Waals surface area (Å²) < 4.78 is 33.2. The van der Waals surface area contributed by atoms with E-state index in [4.69, 9.17) is 4.74 Å². The van der Waals surface area contributed by atoms with Crippen LogP contribution in [0, 0.1) is 6.92 Å². The van der Waals surface area contributed by atoms with E-state index < -0.39 is 16.1 Å². The zero-order valence-corrected chi connectivity index (χ0v) is 14.3. The summed E-state index contributed by atoms with van der Waals surface area (Å²) in [6.45, 7) is 3.43. The van der Waals surface area contributed by atoms with Crippen molar-refractivity contribution in [2.24, 2.45) is 0 Å². The SMILES string of the molecule is Cc1cc(NS(=O)(=O)c2ccc3c(c2)N(C)C(=O)C(C)O3)ccn1. The molecule has 0 saturated carbocycles. The highest BCUT2D eigenvalue weighted by Gasteiger charge is 2.30. The molecular formula is C16H17N3O4S. The Kier molecular flexibility index (Phi) is 3.92. The molecule has 0 bridgehead atoms. The zero-order chi connectivity index (χ0) is 17.5. The van der Waals surface area contributed by atoms with Gasteiger partial charge < -0.3 is 9.64 Å². The maximum absolute atomic E-state index is 12.6. The van der Waals surface area contributed by atoms with Crippen LogP contribution in [0.15, 0.2) is 41.4 Å². The molecule has 3 rings (SSSR count). The minimum absolute atomic E-state index is 0.0496. The number of nitrogens with zero attached hydrogens (tertiary/aromatic N) is 2. The highest BCUT2D eigenvalue weighted by atomic mass is 32.2. The number of amides is 1. The van der Waals surface area contributed by atoms with Crippen molar-refractivity contribution in [3.8, 4) is 5.75 Å². The fraction of sp³-hybridized carbons (Fsp3) is 0.250. The van der Waals surface area contributed by atoms with Gasteiger partial charge in [-0.15, -0.1) is 0 Å². The lowest BCUT2D eigenvalue weighted by atomic mass is 10.2. The van der Waals surface area contributed by atoms with Gasteiger partial charge in [-0.25, -0.2) is 8.42 Å². The molecule has 0 aliphatic carbocycles. The third-order valence-corrected chi connectivity index (χ3v) is 5.11. The number of fused-ring (bicyclic) bond motifs is 1. The van der Waals surface area contributed by atoms with Crippen molar-refractivity contribution in [1.82, 2.24) is 4.98 Å². The predicted molar refractivity (Wildman–Crippen MR) is 89.7 cm³/mol. The number of aromatic nitrogens is 1. The van der Waals surface area contributed by atoms with Gasteiger partial charge in [-0.05, 0) is 44.2 Å². The Morgan fingerprint density at radius 3 is 2.71 bits per heavy atom. The van der Waals surface area contributed by atoms with Crippen LogP contribution in [0.25, 0.3) is 0 Å². The first-order valence-corrected chi connectivity index (χ1v) is 8.80. The number of rotatable bonds is 3. The topological polar surface area (TPSA) is 88.6 Å². The molecule has 1 aliphatic heterocycles. The number of carbonyl (C=O) groups is 1. The summed E-state index contributed by atoms with van der Waals surface area (Å²) in [5.41, 5.74) is 1.55. The molecule has 0 fully saturated rings. The number of nitrogens with one attached hydrogen (secondary N) is 1. The lowest BCUT2D eigenvalue weighted by Gasteiger charge is -2.30. The third kappa shape index (κ3) is 2.92. The molecule has 1 N–H and O–H groups in total. The molecule has 1 aromatic carbocycles. The molecule has 1 aromatic heterocycles.